The first-order chi connectivity index (χ1) is 2.43. The van der Waals surface area contributed by atoms with Gasteiger partial charge in [-0.15, -0.1) is 0 Å². The smallest absolute Gasteiger partial charge is 0.0791 e. The third kappa shape index (κ3) is 0.792. The van der Waals surface area contributed by atoms with Crippen LogP contribution in [0.1, 0.15) is 0 Å². The maximum Gasteiger partial charge on any atom is 0.0791 e. The minimum Gasteiger partial charge on any atom is -0.317 e. The molecule has 1 aliphatic heterocycles. The van der Waals surface area contributed by atoms with Crippen LogP contribution in [0.2, 0.25) is 0 Å². The highest BCUT2D eigenvalue weighted by Gasteiger charge is 2.15. The first-order valence-corrected chi connectivity index (χ1v) is 2.23. The van der Waals surface area contributed by atoms with Gasteiger partial charge < -0.3 is 4.55 Å². The van der Waals surface area contributed by atoms with Crippen molar-refractivity contribution >= 4 is 12.2 Å². The Morgan fingerprint density at radius 3 is 2.20 bits per heavy atom. The Morgan fingerprint density at radius 2 is 2.20 bits per heavy atom. The van der Waals surface area contributed by atoms with Gasteiger partial charge in [0, 0.05) is 13.1 Å². The molecular formula is C2H5NOS. The van der Waals surface area contributed by atoms with Gasteiger partial charge in [0.05, 0.1) is 12.2 Å². The number of nitrogens with zero attached hydrogens (tertiary/aromatic N) is 1. The number of hydrogen-bond acceptors (Lipinski definition) is 3. The Hall–Kier alpha value is 0.270. The zero-order valence-electron chi connectivity index (χ0n) is 2.72. The summed E-state index contributed by atoms with van der Waals surface area (Å²) < 4.78 is 9.90. The zero-order valence-corrected chi connectivity index (χ0v) is 3.53. The molecule has 0 aromatic carbocycles. The van der Waals surface area contributed by atoms with E-state index in [2.05, 4.69) is 0 Å². The number of hydrogen-bond donors (Lipinski definition) is 1. The average Bonchev–Trinajstić information content (AvgIpc) is 2.12. The van der Waals surface area contributed by atoms with E-state index in [4.69, 9.17) is 4.55 Å². The van der Waals surface area contributed by atoms with Crippen LogP contribution in [0, 0.1) is 0 Å². The first-order valence-electron chi connectivity index (χ1n) is 1.50. The second-order valence-electron chi connectivity index (χ2n) is 1.01. The summed E-state index contributed by atoms with van der Waals surface area (Å²) in [5.74, 6) is 0. The highest BCUT2D eigenvalue weighted by atomic mass is 32.2. The van der Waals surface area contributed by atoms with Crippen molar-refractivity contribution in [2.75, 3.05) is 13.1 Å². The summed E-state index contributed by atoms with van der Waals surface area (Å²) in [7, 11) is 0. The van der Waals surface area contributed by atoms with Gasteiger partial charge >= 0.3 is 0 Å². The van der Waals surface area contributed by atoms with Gasteiger partial charge in [0.25, 0.3) is 0 Å². The van der Waals surface area contributed by atoms with Gasteiger partial charge in [0.2, 0.25) is 0 Å². The van der Waals surface area contributed by atoms with Crippen LogP contribution in [0.15, 0.2) is 0 Å². The maximum absolute atomic E-state index is 8.05. The third-order valence-corrected chi connectivity index (χ3v) is 1.12. The fourth-order valence-electron chi connectivity index (χ4n) is 0.122. The van der Waals surface area contributed by atoms with Crippen molar-refractivity contribution in [3.05, 3.63) is 0 Å². The van der Waals surface area contributed by atoms with E-state index in [1.165, 1.54) is 0 Å². The molecular weight excluding hydrogens is 86.1 g/mol. The van der Waals surface area contributed by atoms with Gasteiger partial charge in [-0.25, -0.2) is 4.31 Å². The fraction of sp³-hybridized carbons (Fsp3) is 1.00. The molecule has 1 fully saturated rings. The molecule has 0 aliphatic carbocycles. The van der Waals surface area contributed by atoms with Crippen molar-refractivity contribution in [3.8, 4) is 0 Å². The van der Waals surface area contributed by atoms with Gasteiger partial charge in [-0.2, -0.15) is 0 Å². The molecule has 1 heterocycles. The average molecular weight is 91.1 g/mol. The van der Waals surface area contributed by atoms with E-state index in [1.807, 2.05) is 4.31 Å². The summed E-state index contributed by atoms with van der Waals surface area (Å²) in [6.45, 7) is 2.11. The largest absolute Gasteiger partial charge is 0.317 e. The second kappa shape index (κ2) is 1.16. The maximum atomic E-state index is 8.05. The standard InChI is InChI=1S/C2H5NOS/c4-5-3-1-2-3/h4H,1-2H2. The molecule has 1 N–H and O–H groups in total. The van der Waals surface area contributed by atoms with Crippen LogP contribution in [0.3, 0.4) is 0 Å². The Labute approximate surface area is 35.1 Å². The zero-order chi connectivity index (χ0) is 3.70. The Kier molecular flexibility index (Phi) is 0.804. The predicted octanol–water partition coefficient (Wildman–Crippen LogP) is 0.423. The molecule has 0 aromatic heterocycles. The summed E-state index contributed by atoms with van der Waals surface area (Å²) in [6, 6.07) is 0. The minimum absolute atomic E-state index is 0.824. The van der Waals surface area contributed by atoms with Crippen LogP contribution in [-0.4, -0.2) is 21.9 Å². The van der Waals surface area contributed by atoms with E-state index in [0.29, 0.717) is 0 Å². The van der Waals surface area contributed by atoms with Crippen molar-refractivity contribution in [1.29, 1.82) is 0 Å². The molecule has 0 radical (unpaired) electrons. The molecule has 1 saturated heterocycles. The summed E-state index contributed by atoms with van der Waals surface area (Å²) in [4.78, 5) is 0. The summed E-state index contributed by atoms with van der Waals surface area (Å²) in [5.41, 5.74) is 0. The normalized spacial score (nSPS) is 23.4. The van der Waals surface area contributed by atoms with Crippen LogP contribution in [-0.2, 0) is 0 Å². The molecule has 0 unspecified atom stereocenters. The van der Waals surface area contributed by atoms with Gasteiger partial charge in [0.15, 0.2) is 0 Å². The molecule has 0 atom stereocenters. The van der Waals surface area contributed by atoms with Crippen LogP contribution in [0.25, 0.3) is 0 Å². The van der Waals surface area contributed by atoms with E-state index < -0.39 is 0 Å². The minimum atomic E-state index is 0.824. The number of rotatable bonds is 1. The van der Waals surface area contributed by atoms with E-state index in [-0.39, 0.29) is 0 Å². The topological polar surface area (TPSA) is 23.2 Å². The van der Waals surface area contributed by atoms with E-state index in [0.717, 1.165) is 25.3 Å². The quantitative estimate of drug-likeness (QED) is 0.287. The SMILES string of the molecule is OSN1CC1. The van der Waals surface area contributed by atoms with Crippen molar-refractivity contribution in [2.24, 2.45) is 0 Å². The Balaban J connectivity index is 2.00. The molecule has 5 heavy (non-hydrogen) atoms. The lowest BCUT2D eigenvalue weighted by molar-refractivity contribution is 0.632. The van der Waals surface area contributed by atoms with Gasteiger partial charge in [-0.05, 0) is 0 Å². The van der Waals surface area contributed by atoms with E-state index >= 15 is 0 Å². The van der Waals surface area contributed by atoms with Crippen molar-refractivity contribution in [1.82, 2.24) is 4.31 Å². The van der Waals surface area contributed by atoms with Crippen molar-refractivity contribution in [3.63, 3.8) is 0 Å². The highest BCUT2D eigenvalue weighted by molar-refractivity contribution is 7.91. The molecule has 0 spiro atoms. The van der Waals surface area contributed by atoms with Crippen LogP contribution >= 0.6 is 12.2 Å². The summed E-state index contributed by atoms with van der Waals surface area (Å²) >= 11 is 0.824. The van der Waals surface area contributed by atoms with Crippen LogP contribution in [0.4, 0.5) is 0 Å². The first kappa shape index (κ1) is 3.46. The molecule has 0 aromatic rings. The molecule has 3 heteroatoms. The molecule has 2 nitrogen and oxygen atoms in total. The highest BCUT2D eigenvalue weighted by Crippen LogP contribution is 2.13. The lowest BCUT2D eigenvalue weighted by atomic mass is 11.0. The van der Waals surface area contributed by atoms with Crippen LogP contribution in [0.5, 0.6) is 0 Å². The predicted molar refractivity (Wildman–Crippen MR) is 21.8 cm³/mol. The Bertz CT molecular complexity index is 36.6. The van der Waals surface area contributed by atoms with Crippen LogP contribution < -0.4 is 0 Å². The fourth-order valence-corrected chi connectivity index (χ4v) is 0.367. The van der Waals surface area contributed by atoms with Gasteiger partial charge in [-0.3, -0.25) is 0 Å². The molecule has 0 amide bonds. The lowest BCUT2D eigenvalue weighted by Crippen LogP contribution is -1.72. The monoisotopic (exact) mass is 91.0 g/mol. The molecule has 1 aliphatic rings. The van der Waals surface area contributed by atoms with E-state index in [1.54, 1.807) is 0 Å². The van der Waals surface area contributed by atoms with Crippen molar-refractivity contribution < 1.29 is 4.55 Å². The molecule has 30 valence electrons. The third-order valence-electron chi connectivity index (χ3n) is 0.522. The van der Waals surface area contributed by atoms with Gasteiger partial charge in [0.1, 0.15) is 0 Å². The summed E-state index contributed by atoms with van der Waals surface area (Å²) in [6.07, 6.45) is 0. The molecule has 1 rings (SSSR count). The summed E-state index contributed by atoms with van der Waals surface area (Å²) in [5, 5.41) is 0. The van der Waals surface area contributed by atoms with Gasteiger partial charge in [-0.1, -0.05) is 0 Å². The second-order valence-corrected chi connectivity index (χ2v) is 1.69. The molecule has 0 bridgehead atoms. The lowest BCUT2D eigenvalue weighted by Gasteiger charge is -1.78. The van der Waals surface area contributed by atoms with Crippen molar-refractivity contribution in [2.45, 2.75) is 0 Å². The van der Waals surface area contributed by atoms with E-state index in [9.17, 15) is 0 Å². The molecule has 0 saturated carbocycles. The Morgan fingerprint density at radius 1 is 1.60 bits per heavy atom.